The van der Waals surface area contributed by atoms with E-state index in [9.17, 15) is 8.42 Å². The molecule has 1 aromatic heterocycles. The maximum Gasteiger partial charge on any atom is 0.154 e. The Balaban J connectivity index is 3.16. The Morgan fingerprint density at radius 3 is 2.33 bits per heavy atom. The predicted molar refractivity (Wildman–Crippen MR) is 64.9 cm³/mol. The van der Waals surface area contributed by atoms with Gasteiger partial charge in [0.2, 0.25) is 0 Å². The van der Waals surface area contributed by atoms with Gasteiger partial charge in [0.05, 0.1) is 4.75 Å². The Hall–Kier alpha value is -0.390. The number of hydrogen-bond acceptors (Lipinski definition) is 4. The van der Waals surface area contributed by atoms with Gasteiger partial charge in [0.1, 0.15) is 0 Å². The van der Waals surface area contributed by atoms with E-state index in [4.69, 9.17) is 5.73 Å². The average molecular weight is 247 g/mol. The Kier molecular flexibility index (Phi) is 3.28. The molecule has 2 N–H and O–H groups in total. The van der Waals surface area contributed by atoms with Crippen molar-refractivity contribution < 1.29 is 8.42 Å². The standard InChI is InChI=1S/C10H17NO2S2/c1-7-8(5-6-14-7)9(11)10(2,3)15(4,12)13/h5-6,9H,11H2,1-4H3. The van der Waals surface area contributed by atoms with Gasteiger partial charge in [0.25, 0.3) is 0 Å². The minimum Gasteiger partial charge on any atom is -0.323 e. The zero-order chi connectivity index (χ0) is 11.9. The summed E-state index contributed by atoms with van der Waals surface area (Å²) < 4.78 is 22.3. The molecule has 3 nitrogen and oxygen atoms in total. The lowest BCUT2D eigenvalue weighted by Crippen LogP contribution is -2.42. The quantitative estimate of drug-likeness (QED) is 0.887. The second-order valence-corrected chi connectivity index (χ2v) is 8.00. The van der Waals surface area contributed by atoms with Gasteiger partial charge in [-0.1, -0.05) is 0 Å². The highest BCUT2D eigenvalue weighted by atomic mass is 32.2. The Morgan fingerprint density at radius 1 is 1.47 bits per heavy atom. The van der Waals surface area contributed by atoms with Crippen LogP contribution in [0.25, 0.3) is 0 Å². The van der Waals surface area contributed by atoms with Crippen LogP contribution in [0.5, 0.6) is 0 Å². The Bertz CT molecular complexity index is 446. The van der Waals surface area contributed by atoms with E-state index in [0.29, 0.717) is 0 Å². The first-order valence-electron chi connectivity index (χ1n) is 4.67. The second kappa shape index (κ2) is 3.88. The van der Waals surface area contributed by atoms with Gasteiger partial charge in [-0.2, -0.15) is 0 Å². The summed E-state index contributed by atoms with van der Waals surface area (Å²) in [5.74, 6) is 0. The highest BCUT2D eigenvalue weighted by Crippen LogP contribution is 2.33. The number of aryl methyl sites for hydroxylation is 1. The molecule has 0 amide bonds. The van der Waals surface area contributed by atoms with Crippen molar-refractivity contribution in [2.45, 2.75) is 31.6 Å². The van der Waals surface area contributed by atoms with E-state index in [2.05, 4.69) is 0 Å². The van der Waals surface area contributed by atoms with E-state index < -0.39 is 20.6 Å². The van der Waals surface area contributed by atoms with Crippen molar-refractivity contribution >= 4 is 21.2 Å². The van der Waals surface area contributed by atoms with Gasteiger partial charge in [-0.3, -0.25) is 0 Å². The third kappa shape index (κ3) is 2.24. The smallest absolute Gasteiger partial charge is 0.154 e. The number of nitrogens with two attached hydrogens (primary N) is 1. The first-order chi connectivity index (χ1) is 6.68. The summed E-state index contributed by atoms with van der Waals surface area (Å²) in [6.07, 6.45) is 1.23. The summed E-state index contributed by atoms with van der Waals surface area (Å²) in [7, 11) is -3.16. The summed E-state index contributed by atoms with van der Waals surface area (Å²) in [5.41, 5.74) is 6.96. The molecule has 86 valence electrons. The molecule has 0 aliphatic heterocycles. The lowest BCUT2D eigenvalue weighted by molar-refractivity contribution is 0.496. The molecule has 1 heterocycles. The van der Waals surface area contributed by atoms with E-state index in [1.807, 2.05) is 18.4 Å². The summed E-state index contributed by atoms with van der Waals surface area (Å²) >= 11 is 1.58. The minimum absolute atomic E-state index is 0.473. The van der Waals surface area contributed by atoms with Crippen LogP contribution in [0.15, 0.2) is 11.4 Å². The fourth-order valence-corrected chi connectivity index (χ4v) is 2.66. The van der Waals surface area contributed by atoms with Gasteiger partial charge in [-0.05, 0) is 37.8 Å². The maximum absolute atomic E-state index is 11.6. The van der Waals surface area contributed by atoms with Crippen LogP contribution in [-0.2, 0) is 9.84 Å². The fraction of sp³-hybridized carbons (Fsp3) is 0.600. The molecule has 0 aliphatic carbocycles. The van der Waals surface area contributed by atoms with E-state index in [-0.39, 0.29) is 0 Å². The SMILES string of the molecule is Cc1sccc1C(N)C(C)(C)S(C)(=O)=O. The lowest BCUT2D eigenvalue weighted by atomic mass is 9.97. The zero-order valence-corrected chi connectivity index (χ0v) is 11.1. The molecule has 1 rings (SSSR count). The van der Waals surface area contributed by atoms with Crippen molar-refractivity contribution in [1.82, 2.24) is 0 Å². The van der Waals surface area contributed by atoms with Gasteiger partial charge in [-0.25, -0.2) is 8.42 Å². The predicted octanol–water partition coefficient (Wildman–Crippen LogP) is 1.88. The van der Waals surface area contributed by atoms with Crippen molar-refractivity contribution in [2.24, 2.45) is 5.73 Å². The highest BCUT2D eigenvalue weighted by molar-refractivity contribution is 7.92. The second-order valence-electron chi connectivity index (χ2n) is 4.29. The topological polar surface area (TPSA) is 60.2 Å². The maximum atomic E-state index is 11.6. The molecule has 0 aromatic carbocycles. The first kappa shape index (κ1) is 12.7. The van der Waals surface area contributed by atoms with Crippen LogP contribution in [0.3, 0.4) is 0 Å². The van der Waals surface area contributed by atoms with E-state index >= 15 is 0 Å². The number of thiophene rings is 1. The van der Waals surface area contributed by atoms with Gasteiger partial charge >= 0.3 is 0 Å². The van der Waals surface area contributed by atoms with Gasteiger partial charge in [0, 0.05) is 17.2 Å². The fourth-order valence-electron chi connectivity index (χ4n) is 1.32. The molecular formula is C10H17NO2S2. The average Bonchev–Trinajstić information content (AvgIpc) is 2.48. The third-order valence-corrected chi connectivity index (χ3v) is 5.97. The van der Waals surface area contributed by atoms with Crippen LogP contribution >= 0.6 is 11.3 Å². The van der Waals surface area contributed by atoms with E-state index in [1.54, 1.807) is 25.2 Å². The molecule has 0 saturated carbocycles. The van der Waals surface area contributed by atoms with Crippen molar-refractivity contribution in [3.8, 4) is 0 Å². The largest absolute Gasteiger partial charge is 0.323 e. The van der Waals surface area contributed by atoms with Crippen molar-refractivity contribution in [3.63, 3.8) is 0 Å². The van der Waals surface area contributed by atoms with Crippen molar-refractivity contribution in [2.75, 3.05) is 6.26 Å². The molecule has 0 fully saturated rings. The van der Waals surface area contributed by atoms with Gasteiger partial charge in [-0.15, -0.1) is 11.3 Å². The molecule has 5 heteroatoms. The van der Waals surface area contributed by atoms with E-state index in [0.717, 1.165) is 10.4 Å². The van der Waals surface area contributed by atoms with Crippen LogP contribution in [0.4, 0.5) is 0 Å². The number of hydrogen-bond donors (Lipinski definition) is 1. The molecule has 1 unspecified atom stereocenters. The van der Waals surface area contributed by atoms with Crippen molar-refractivity contribution in [1.29, 1.82) is 0 Å². The van der Waals surface area contributed by atoms with Crippen LogP contribution in [-0.4, -0.2) is 19.4 Å². The molecular weight excluding hydrogens is 230 g/mol. The number of rotatable bonds is 3. The molecule has 0 spiro atoms. The summed E-state index contributed by atoms with van der Waals surface area (Å²) in [6, 6.07) is 1.43. The summed E-state index contributed by atoms with van der Waals surface area (Å²) in [5, 5.41) is 1.93. The lowest BCUT2D eigenvalue weighted by Gasteiger charge is -2.29. The zero-order valence-electron chi connectivity index (χ0n) is 9.44. The van der Waals surface area contributed by atoms with Crippen LogP contribution in [0, 0.1) is 6.92 Å². The first-order valence-corrected chi connectivity index (χ1v) is 7.44. The molecule has 0 radical (unpaired) electrons. The van der Waals surface area contributed by atoms with Crippen LogP contribution in [0.1, 0.15) is 30.3 Å². The Labute approximate surface area is 95.2 Å². The van der Waals surface area contributed by atoms with Gasteiger partial charge < -0.3 is 5.73 Å². The van der Waals surface area contributed by atoms with Gasteiger partial charge in [0.15, 0.2) is 9.84 Å². The molecule has 1 atom stereocenters. The molecule has 0 bridgehead atoms. The minimum atomic E-state index is -3.16. The van der Waals surface area contributed by atoms with E-state index in [1.165, 1.54) is 6.26 Å². The summed E-state index contributed by atoms with van der Waals surface area (Å²) in [6.45, 7) is 5.30. The Morgan fingerprint density at radius 2 is 2.00 bits per heavy atom. The third-order valence-electron chi connectivity index (χ3n) is 2.94. The highest BCUT2D eigenvalue weighted by Gasteiger charge is 2.38. The molecule has 0 saturated heterocycles. The normalized spacial score (nSPS) is 15.3. The molecule has 1 aromatic rings. The van der Waals surface area contributed by atoms with Crippen molar-refractivity contribution in [3.05, 3.63) is 21.9 Å². The molecule has 0 aliphatic rings. The molecule has 15 heavy (non-hydrogen) atoms. The van der Waals surface area contributed by atoms with Crippen LogP contribution in [0.2, 0.25) is 0 Å². The van der Waals surface area contributed by atoms with Crippen LogP contribution < -0.4 is 5.73 Å². The monoisotopic (exact) mass is 247 g/mol. The summed E-state index contributed by atoms with van der Waals surface area (Å²) in [4.78, 5) is 1.08. The number of sulfone groups is 1.